The lowest BCUT2D eigenvalue weighted by Gasteiger charge is -2.31. The Labute approximate surface area is 89.9 Å². The fourth-order valence-corrected chi connectivity index (χ4v) is 2.24. The topological polar surface area (TPSA) is 3.24 Å². The van der Waals surface area contributed by atoms with E-state index < -0.39 is 0 Å². The van der Waals surface area contributed by atoms with Crippen LogP contribution in [-0.4, -0.2) is 24.5 Å². The van der Waals surface area contributed by atoms with Gasteiger partial charge in [-0.05, 0) is 50.6 Å². The molecule has 0 N–H and O–H groups in total. The van der Waals surface area contributed by atoms with Crippen molar-refractivity contribution >= 4 is 0 Å². The zero-order valence-electron chi connectivity index (χ0n) is 10.3. The highest BCUT2D eigenvalue weighted by molar-refractivity contribution is 4.80. The minimum Gasteiger partial charge on any atom is -0.303 e. The predicted molar refractivity (Wildman–Crippen MR) is 63.5 cm³/mol. The summed E-state index contributed by atoms with van der Waals surface area (Å²) in [4.78, 5) is 2.68. The van der Waals surface area contributed by atoms with Gasteiger partial charge in [0.2, 0.25) is 0 Å². The maximum absolute atomic E-state index is 2.68. The minimum absolute atomic E-state index is 1.04. The van der Waals surface area contributed by atoms with Gasteiger partial charge in [-0.3, -0.25) is 0 Å². The number of hydrogen-bond acceptors (Lipinski definition) is 1. The number of likely N-dealkylation sites (tertiary alicyclic amines) is 1. The Morgan fingerprint density at radius 1 is 0.929 bits per heavy atom. The molecule has 0 aromatic heterocycles. The van der Waals surface area contributed by atoms with E-state index in [1.807, 2.05) is 13.8 Å². The molecule has 1 aliphatic heterocycles. The van der Waals surface area contributed by atoms with E-state index in [9.17, 15) is 0 Å². The van der Waals surface area contributed by atoms with Gasteiger partial charge in [-0.25, -0.2) is 0 Å². The Kier molecular flexibility index (Phi) is 5.54. The summed E-state index contributed by atoms with van der Waals surface area (Å²) in [7, 11) is 0. The van der Waals surface area contributed by atoms with Gasteiger partial charge in [0.25, 0.3) is 0 Å². The smallest absolute Gasteiger partial charge is 0.000966 e. The first-order valence-corrected chi connectivity index (χ1v) is 6.61. The van der Waals surface area contributed by atoms with Gasteiger partial charge in [0.05, 0.1) is 0 Å². The molecule has 14 heavy (non-hydrogen) atoms. The van der Waals surface area contributed by atoms with Crippen molar-refractivity contribution in [3.63, 3.8) is 0 Å². The van der Waals surface area contributed by atoms with Crippen molar-refractivity contribution in [3.8, 4) is 0 Å². The van der Waals surface area contributed by atoms with Crippen molar-refractivity contribution in [2.75, 3.05) is 19.6 Å². The summed E-state index contributed by atoms with van der Waals surface area (Å²) in [6.07, 6.45) is 7.34. The second-order valence-corrected chi connectivity index (χ2v) is 4.60. The normalized spacial score (nSPS) is 24.2. The van der Waals surface area contributed by atoms with Crippen LogP contribution in [0.1, 0.15) is 52.9 Å². The van der Waals surface area contributed by atoms with Gasteiger partial charge in [-0.15, -0.1) is 0 Å². The Hall–Kier alpha value is -0.0400. The van der Waals surface area contributed by atoms with Crippen molar-refractivity contribution in [3.05, 3.63) is 0 Å². The molecule has 0 atom stereocenters. The van der Waals surface area contributed by atoms with Gasteiger partial charge in [0, 0.05) is 6.54 Å². The van der Waals surface area contributed by atoms with E-state index in [-0.39, 0.29) is 0 Å². The van der Waals surface area contributed by atoms with Gasteiger partial charge in [0.1, 0.15) is 0 Å². The van der Waals surface area contributed by atoms with Crippen LogP contribution in [0.15, 0.2) is 0 Å². The van der Waals surface area contributed by atoms with Gasteiger partial charge in [0.15, 0.2) is 0 Å². The molecule has 0 radical (unpaired) electrons. The van der Waals surface area contributed by atoms with E-state index in [2.05, 4.69) is 11.8 Å². The summed E-state index contributed by atoms with van der Waals surface area (Å²) in [5.74, 6) is 2.13. The molecule has 0 aromatic carbocycles. The van der Waals surface area contributed by atoms with E-state index in [4.69, 9.17) is 0 Å². The monoisotopic (exact) mass is 197 g/mol. The lowest BCUT2D eigenvalue weighted by molar-refractivity contribution is 0.176. The number of hydrogen-bond donors (Lipinski definition) is 0. The van der Waals surface area contributed by atoms with Crippen LogP contribution < -0.4 is 0 Å². The van der Waals surface area contributed by atoms with Gasteiger partial charge in [-0.1, -0.05) is 27.2 Å². The fourth-order valence-electron chi connectivity index (χ4n) is 2.24. The molecule has 0 bridgehead atoms. The van der Waals surface area contributed by atoms with Crippen molar-refractivity contribution in [1.29, 1.82) is 0 Å². The van der Waals surface area contributed by atoms with Crippen LogP contribution in [0.4, 0.5) is 0 Å². The van der Waals surface area contributed by atoms with E-state index in [0.29, 0.717) is 0 Å². The van der Waals surface area contributed by atoms with Crippen LogP contribution in [0.25, 0.3) is 0 Å². The van der Waals surface area contributed by atoms with Gasteiger partial charge in [-0.2, -0.15) is 0 Å². The Bertz CT molecular complexity index is 132. The van der Waals surface area contributed by atoms with Crippen molar-refractivity contribution in [1.82, 2.24) is 4.90 Å². The largest absolute Gasteiger partial charge is 0.303 e. The molecule has 1 saturated carbocycles. The second kappa shape index (κ2) is 6.44. The molecule has 0 aromatic rings. The van der Waals surface area contributed by atoms with Crippen LogP contribution in [-0.2, 0) is 0 Å². The molecule has 0 amide bonds. The zero-order valence-corrected chi connectivity index (χ0v) is 10.3. The van der Waals surface area contributed by atoms with E-state index in [1.165, 1.54) is 51.7 Å². The Balaban J connectivity index is 0.000000461. The highest BCUT2D eigenvalue weighted by Crippen LogP contribution is 2.31. The molecule has 1 heteroatoms. The molecule has 84 valence electrons. The third-order valence-corrected chi connectivity index (χ3v) is 3.50. The summed E-state index contributed by atoms with van der Waals surface area (Å²) >= 11 is 0. The first-order valence-electron chi connectivity index (χ1n) is 6.61. The summed E-state index contributed by atoms with van der Waals surface area (Å²) < 4.78 is 0. The van der Waals surface area contributed by atoms with Gasteiger partial charge < -0.3 is 4.90 Å². The third kappa shape index (κ3) is 4.00. The molecular formula is C13H27N. The third-order valence-electron chi connectivity index (χ3n) is 3.50. The predicted octanol–water partition coefficient (Wildman–Crippen LogP) is 3.54. The molecule has 1 aliphatic carbocycles. The minimum atomic E-state index is 1.04. The first kappa shape index (κ1) is 12.0. The Morgan fingerprint density at radius 2 is 1.50 bits per heavy atom. The standard InChI is InChI=1S/C11H21N.C2H6/c1-2-10-5-7-12(8-6-10)9-11-3-4-11;1-2/h10-11H,2-9H2,1H3;1-2H3. The lowest BCUT2D eigenvalue weighted by Crippen LogP contribution is -2.34. The molecule has 1 heterocycles. The van der Waals surface area contributed by atoms with Crippen LogP contribution in [0.5, 0.6) is 0 Å². The quantitative estimate of drug-likeness (QED) is 0.669. The van der Waals surface area contributed by atoms with Crippen LogP contribution in [0.3, 0.4) is 0 Å². The Morgan fingerprint density at radius 3 is 1.93 bits per heavy atom. The average molecular weight is 197 g/mol. The maximum atomic E-state index is 2.68. The van der Waals surface area contributed by atoms with Crippen LogP contribution in [0.2, 0.25) is 0 Å². The first-order chi connectivity index (χ1) is 6.88. The summed E-state index contributed by atoms with van der Waals surface area (Å²) in [6.45, 7) is 10.5. The van der Waals surface area contributed by atoms with E-state index >= 15 is 0 Å². The molecule has 0 spiro atoms. The van der Waals surface area contributed by atoms with Gasteiger partial charge >= 0.3 is 0 Å². The van der Waals surface area contributed by atoms with Crippen LogP contribution in [0, 0.1) is 11.8 Å². The van der Waals surface area contributed by atoms with E-state index in [0.717, 1.165) is 11.8 Å². The fraction of sp³-hybridized carbons (Fsp3) is 1.00. The molecule has 0 unspecified atom stereocenters. The molecule has 2 aliphatic rings. The van der Waals surface area contributed by atoms with Crippen molar-refractivity contribution < 1.29 is 0 Å². The molecular weight excluding hydrogens is 170 g/mol. The molecule has 2 fully saturated rings. The number of rotatable bonds is 3. The summed E-state index contributed by atoms with van der Waals surface area (Å²) in [6, 6.07) is 0. The lowest BCUT2D eigenvalue weighted by atomic mass is 9.94. The second-order valence-electron chi connectivity index (χ2n) is 4.60. The van der Waals surface area contributed by atoms with Crippen molar-refractivity contribution in [2.45, 2.75) is 52.9 Å². The summed E-state index contributed by atoms with van der Waals surface area (Å²) in [5, 5.41) is 0. The highest BCUT2D eigenvalue weighted by atomic mass is 15.1. The highest BCUT2D eigenvalue weighted by Gasteiger charge is 2.26. The summed E-state index contributed by atoms with van der Waals surface area (Å²) in [5.41, 5.74) is 0. The average Bonchev–Trinajstić information content (AvgIpc) is 3.06. The molecule has 2 rings (SSSR count). The SMILES string of the molecule is CC.CCC1CCN(CC2CC2)CC1. The molecule has 1 nitrogen and oxygen atoms in total. The maximum Gasteiger partial charge on any atom is 0.000966 e. The van der Waals surface area contributed by atoms with Crippen LogP contribution >= 0.6 is 0 Å². The zero-order chi connectivity index (χ0) is 10.4. The number of piperidine rings is 1. The molecule has 1 saturated heterocycles. The number of nitrogens with zero attached hydrogens (tertiary/aromatic N) is 1. The van der Waals surface area contributed by atoms with E-state index in [1.54, 1.807) is 0 Å². The van der Waals surface area contributed by atoms with Crippen molar-refractivity contribution in [2.24, 2.45) is 11.8 Å².